The summed E-state index contributed by atoms with van der Waals surface area (Å²) in [7, 11) is 0. The van der Waals surface area contributed by atoms with E-state index in [2.05, 4.69) is 0 Å². The lowest BCUT2D eigenvalue weighted by Gasteiger charge is -2.31. The van der Waals surface area contributed by atoms with Crippen LogP contribution in [0.4, 0.5) is 13.2 Å². The van der Waals surface area contributed by atoms with Crippen LogP contribution in [-0.4, -0.2) is 18.3 Å². The Morgan fingerprint density at radius 3 is 2.00 bits per heavy atom. The molecular formula is C16H16F3NO. The van der Waals surface area contributed by atoms with Gasteiger partial charge in [-0.2, -0.15) is 0 Å². The number of rotatable bonds is 5. The van der Waals surface area contributed by atoms with Crippen molar-refractivity contribution in [1.29, 1.82) is 0 Å². The highest BCUT2D eigenvalue weighted by molar-refractivity contribution is 5.32. The van der Waals surface area contributed by atoms with Crippen molar-refractivity contribution in [3.63, 3.8) is 0 Å². The highest BCUT2D eigenvalue weighted by Gasteiger charge is 2.34. The van der Waals surface area contributed by atoms with Crippen molar-refractivity contribution >= 4 is 0 Å². The molecule has 0 heterocycles. The molecular weight excluding hydrogens is 279 g/mol. The zero-order valence-corrected chi connectivity index (χ0v) is 11.3. The average Bonchev–Trinajstić information content (AvgIpc) is 2.49. The monoisotopic (exact) mass is 295 g/mol. The fraction of sp³-hybridized carbons (Fsp3) is 0.250. The molecule has 0 radical (unpaired) electrons. The third-order valence-corrected chi connectivity index (χ3v) is 3.72. The van der Waals surface area contributed by atoms with E-state index in [1.807, 2.05) is 0 Å². The molecule has 0 amide bonds. The van der Waals surface area contributed by atoms with Crippen molar-refractivity contribution in [1.82, 2.24) is 0 Å². The number of hydrogen-bond acceptors (Lipinski definition) is 2. The second-order valence-electron chi connectivity index (χ2n) is 5.00. The SMILES string of the molecule is NCC(CO)(Cc1c(F)cccc1F)c1ccccc1F. The van der Waals surface area contributed by atoms with Crippen LogP contribution in [0.5, 0.6) is 0 Å². The lowest BCUT2D eigenvalue weighted by Crippen LogP contribution is -2.42. The summed E-state index contributed by atoms with van der Waals surface area (Å²) in [5, 5.41) is 9.71. The maximum atomic E-state index is 14.0. The quantitative estimate of drug-likeness (QED) is 0.890. The summed E-state index contributed by atoms with van der Waals surface area (Å²) in [4.78, 5) is 0. The summed E-state index contributed by atoms with van der Waals surface area (Å²) >= 11 is 0. The van der Waals surface area contributed by atoms with Crippen LogP contribution in [0.1, 0.15) is 11.1 Å². The molecule has 0 aliphatic carbocycles. The van der Waals surface area contributed by atoms with E-state index in [0.29, 0.717) is 0 Å². The van der Waals surface area contributed by atoms with Gasteiger partial charge in [0.05, 0.1) is 6.61 Å². The number of hydrogen-bond donors (Lipinski definition) is 2. The first-order chi connectivity index (χ1) is 10.0. The van der Waals surface area contributed by atoms with Crippen molar-refractivity contribution in [2.45, 2.75) is 11.8 Å². The zero-order chi connectivity index (χ0) is 15.5. The minimum absolute atomic E-state index is 0.141. The van der Waals surface area contributed by atoms with Crippen LogP contribution in [0, 0.1) is 17.5 Å². The molecule has 0 aromatic heterocycles. The first kappa shape index (κ1) is 15.5. The molecule has 3 N–H and O–H groups in total. The van der Waals surface area contributed by atoms with E-state index >= 15 is 0 Å². The Morgan fingerprint density at radius 2 is 1.48 bits per heavy atom. The lowest BCUT2D eigenvalue weighted by molar-refractivity contribution is 0.190. The number of aliphatic hydroxyl groups is 1. The van der Waals surface area contributed by atoms with Crippen LogP contribution in [0.15, 0.2) is 42.5 Å². The number of nitrogens with two attached hydrogens (primary N) is 1. The third-order valence-electron chi connectivity index (χ3n) is 3.72. The number of halogens is 3. The van der Waals surface area contributed by atoms with Gasteiger partial charge >= 0.3 is 0 Å². The van der Waals surface area contributed by atoms with Crippen molar-refractivity contribution in [3.05, 3.63) is 71.0 Å². The van der Waals surface area contributed by atoms with Gasteiger partial charge in [-0.15, -0.1) is 0 Å². The maximum absolute atomic E-state index is 14.0. The Labute approximate surface area is 121 Å². The third kappa shape index (κ3) is 2.94. The summed E-state index contributed by atoms with van der Waals surface area (Å²) < 4.78 is 41.6. The fourth-order valence-electron chi connectivity index (χ4n) is 2.41. The largest absolute Gasteiger partial charge is 0.395 e. The average molecular weight is 295 g/mol. The van der Waals surface area contributed by atoms with Gasteiger partial charge in [0.1, 0.15) is 17.5 Å². The molecule has 21 heavy (non-hydrogen) atoms. The van der Waals surface area contributed by atoms with E-state index in [1.165, 1.54) is 24.3 Å². The molecule has 0 aliphatic rings. The summed E-state index contributed by atoms with van der Waals surface area (Å²) in [5.74, 6) is -2.04. The first-order valence-corrected chi connectivity index (χ1v) is 6.53. The zero-order valence-electron chi connectivity index (χ0n) is 11.3. The van der Waals surface area contributed by atoms with E-state index in [1.54, 1.807) is 6.07 Å². The minimum Gasteiger partial charge on any atom is -0.395 e. The number of aliphatic hydroxyl groups excluding tert-OH is 1. The Balaban J connectivity index is 2.51. The summed E-state index contributed by atoms with van der Waals surface area (Å²) in [6.07, 6.45) is -0.223. The molecule has 5 heteroatoms. The normalized spacial score (nSPS) is 14.0. The van der Waals surface area contributed by atoms with E-state index in [0.717, 1.165) is 12.1 Å². The Kier molecular flexibility index (Phi) is 4.65. The Hall–Kier alpha value is -1.85. The first-order valence-electron chi connectivity index (χ1n) is 6.53. The molecule has 1 unspecified atom stereocenters. The predicted octanol–water partition coefficient (Wildman–Crippen LogP) is 2.54. The highest BCUT2D eigenvalue weighted by atomic mass is 19.1. The van der Waals surface area contributed by atoms with Crippen LogP contribution in [-0.2, 0) is 11.8 Å². The van der Waals surface area contributed by atoms with Gasteiger partial charge in [0.25, 0.3) is 0 Å². The van der Waals surface area contributed by atoms with Gasteiger partial charge < -0.3 is 10.8 Å². The molecule has 2 aromatic rings. The summed E-state index contributed by atoms with van der Waals surface area (Å²) in [6.45, 7) is -0.656. The molecule has 2 nitrogen and oxygen atoms in total. The van der Waals surface area contributed by atoms with Gasteiger partial charge in [0.2, 0.25) is 0 Å². The summed E-state index contributed by atoms with van der Waals surface area (Å²) in [6, 6.07) is 9.29. The van der Waals surface area contributed by atoms with E-state index in [9.17, 15) is 18.3 Å². The summed E-state index contributed by atoms with van der Waals surface area (Å²) in [5.41, 5.74) is 4.37. The minimum atomic E-state index is -1.27. The number of benzene rings is 2. The second-order valence-corrected chi connectivity index (χ2v) is 5.00. The van der Waals surface area contributed by atoms with Crippen LogP contribution in [0.3, 0.4) is 0 Å². The standard InChI is InChI=1S/C16H16F3NO/c17-13-6-3-7-14(18)11(13)8-16(9-20,10-21)12-4-1-2-5-15(12)19/h1-7,21H,8-10,20H2. The smallest absolute Gasteiger partial charge is 0.129 e. The van der Waals surface area contributed by atoms with Gasteiger partial charge in [-0.3, -0.25) is 0 Å². The molecule has 2 rings (SSSR count). The van der Waals surface area contributed by atoms with Gasteiger partial charge in [-0.25, -0.2) is 13.2 Å². The Morgan fingerprint density at radius 1 is 0.905 bits per heavy atom. The van der Waals surface area contributed by atoms with Gasteiger partial charge in [-0.1, -0.05) is 24.3 Å². The molecule has 2 aromatic carbocycles. The molecule has 112 valence electrons. The van der Waals surface area contributed by atoms with E-state index < -0.39 is 29.5 Å². The van der Waals surface area contributed by atoms with Crippen LogP contribution in [0.25, 0.3) is 0 Å². The van der Waals surface area contributed by atoms with E-state index in [4.69, 9.17) is 5.73 Å². The topological polar surface area (TPSA) is 46.2 Å². The van der Waals surface area contributed by atoms with Crippen LogP contribution >= 0.6 is 0 Å². The van der Waals surface area contributed by atoms with Crippen LogP contribution < -0.4 is 5.73 Å². The molecule has 0 fully saturated rings. The molecule has 1 atom stereocenters. The second kappa shape index (κ2) is 6.28. The lowest BCUT2D eigenvalue weighted by atomic mass is 9.75. The van der Waals surface area contributed by atoms with Crippen molar-refractivity contribution in [2.24, 2.45) is 5.73 Å². The van der Waals surface area contributed by atoms with Crippen LogP contribution in [0.2, 0.25) is 0 Å². The highest BCUT2D eigenvalue weighted by Crippen LogP contribution is 2.31. The van der Waals surface area contributed by atoms with Crippen molar-refractivity contribution in [2.75, 3.05) is 13.2 Å². The van der Waals surface area contributed by atoms with Gasteiger partial charge in [0.15, 0.2) is 0 Å². The van der Waals surface area contributed by atoms with E-state index in [-0.39, 0.29) is 24.1 Å². The molecule has 0 bridgehead atoms. The van der Waals surface area contributed by atoms with Crippen molar-refractivity contribution < 1.29 is 18.3 Å². The molecule has 0 saturated carbocycles. The van der Waals surface area contributed by atoms with Gasteiger partial charge in [0, 0.05) is 17.5 Å². The maximum Gasteiger partial charge on any atom is 0.129 e. The predicted molar refractivity (Wildman–Crippen MR) is 74.3 cm³/mol. The van der Waals surface area contributed by atoms with Crippen molar-refractivity contribution in [3.8, 4) is 0 Å². The Bertz CT molecular complexity index is 606. The molecule has 0 spiro atoms. The molecule has 0 saturated heterocycles. The molecule has 0 aliphatic heterocycles. The fourth-order valence-corrected chi connectivity index (χ4v) is 2.41. The van der Waals surface area contributed by atoms with Gasteiger partial charge in [-0.05, 0) is 30.2 Å².